The number of rotatable bonds is 12. The highest BCUT2D eigenvalue weighted by Gasteiger charge is 2.18. The van der Waals surface area contributed by atoms with Gasteiger partial charge in [-0.2, -0.15) is 37.3 Å². The zero-order chi connectivity index (χ0) is 36.8. The second-order valence-corrected chi connectivity index (χ2v) is 13.9. The SMILES string of the molecule is CCOc1cc(N=Nc2ccc(Cl)c(S(=O)(=O)O)c2)c(C)cc1NC(=O)Nc1cc(C)c(N=Nc2ccc(Cl)c(S(=O)(=O)O)c2)cc1OCC. The molecule has 0 aromatic heterocycles. The summed E-state index contributed by atoms with van der Waals surface area (Å²) in [6.07, 6.45) is 0. The summed E-state index contributed by atoms with van der Waals surface area (Å²) in [6.45, 7) is 7.45. The van der Waals surface area contributed by atoms with Gasteiger partial charge in [-0.25, -0.2) is 4.79 Å². The molecule has 0 fully saturated rings. The van der Waals surface area contributed by atoms with Crippen molar-refractivity contribution in [3.8, 4) is 11.5 Å². The first kappa shape index (κ1) is 38.2. The number of nitrogens with zero attached hydrogens (tertiary/aromatic N) is 4. The van der Waals surface area contributed by atoms with E-state index >= 15 is 0 Å². The highest BCUT2D eigenvalue weighted by atomic mass is 35.5. The first-order valence-electron chi connectivity index (χ1n) is 14.5. The van der Waals surface area contributed by atoms with Crippen LogP contribution >= 0.6 is 23.2 Å². The number of hydrogen-bond acceptors (Lipinski definition) is 11. The Morgan fingerprint density at radius 3 is 1.38 bits per heavy atom. The Hall–Kier alpha value is -4.65. The quantitative estimate of drug-likeness (QED) is 0.0796. The van der Waals surface area contributed by atoms with Crippen molar-refractivity contribution in [2.75, 3.05) is 23.8 Å². The van der Waals surface area contributed by atoms with E-state index in [2.05, 4.69) is 31.1 Å². The second-order valence-electron chi connectivity index (χ2n) is 10.3. The number of anilines is 2. The van der Waals surface area contributed by atoms with Gasteiger partial charge in [0.25, 0.3) is 20.2 Å². The van der Waals surface area contributed by atoms with Gasteiger partial charge < -0.3 is 20.1 Å². The van der Waals surface area contributed by atoms with Gasteiger partial charge in [-0.3, -0.25) is 9.11 Å². The third-order valence-corrected chi connectivity index (χ3v) is 9.29. The van der Waals surface area contributed by atoms with Crippen molar-refractivity contribution in [1.29, 1.82) is 0 Å². The maximum Gasteiger partial charge on any atom is 0.323 e. The zero-order valence-electron chi connectivity index (χ0n) is 26.8. The lowest BCUT2D eigenvalue weighted by Gasteiger charge is -2.16. The largest absolute Gasteiger partial charge is 0.492 e. The molecule has 0 aliphatic carbocycles. The lowest BCUT2D eigenvalue weighted by atomic mass is 10.1. The van der Waals surface area contributed by atoms with Crippen LogP contribution in [0.1, 0.15) is 25.0 Å². The molecular weight excluding hydrogens is 735 g/mol. The molecule has 0 atom stereocenters. The van der Waals surface area contributed by atoms with E-state index in [9.17, 15) is 30.7 Å². The van der Waals surface area contributed by atoms with Gasteiger partial charge in [0.2, 0.25) is 0 Å². The summed E-state index contributed by atoms with van der Waals surface area (Å²) in [4.78, 5) is 12.2. The molecule has 0 bridgehead atoms. The maximum absolute atomic E-state index is 13.2. The molecule has 4 aromatic rings. The fraction of sp³-hybridized carbons (Fsp3) is 0.194. The molecule has 0 radical (unpaired) electrons. The van der Waals surface area contributed by atoms with E-state index in [1.165, 1.54) is 24.3 Å². The zero-order valence-corrected chi connectivity index (χ0v) is 29.9. The van der Waals surface area contributed by atoms with E-state index in [4.69, 9.17) is 32.7 Å². The molecule has 0 saturated heterocycles. The summed E-state index contributed by atoms with van der Waals surface area (Å²) < 4.78 is 76.6. The molecule has 50 heavy (non-hydrogen) atoms. The molecule has 4 rings (SSSR count). The lowest BCUT2D eigenvalue weighted by Crippen LogP contribution is -2.20. The average Bonchev–Trinajstić information content (AvgIpc) is 3.02. The van der Waals surface area contributed by atoms with E-state index in [1.54, 1.807) is 52.0 Å². The van der Waals surface area contributed by atoms with E-state index in [-0.39, 0.29) is 46.1 Å². The van der Waals surface area contributed by atoms with E-state index in [0.717, 1.165) is 12.1 Å². The van der Waals surface area contributed by atoms with Crippen molar-refractivity contribution in [3.63, 3.8) is 0 Å². The normalized spacial score (nSPS) is 12.0. The molecule has 0 aliphatic rings. The summed E-state index contributed by atoms with van der Waals surface area (Å²) in [6, 6.07) is 13.2. The number of carbonyl (C=O) groups excluding carboxylic acids is 1. The highest BCUT2D eigenvalue weighted by molar-refractivity contribution is 7.86. The van der Waals surface area contributed by atoms with Crippen LogP contribution < -0.4 is 20.1 Å². The fourth-order valence-corrected chi connectivity index (χ4v) is 6.31. The molecule has 4 N–H and O–H groups in total. The number of ether oxygens (including phenoxy) is 2. The van der Waals surface area contributed by atoms with Crippen LogP contribution in [0.15, 0.2) is 90.9 Å². The minimum Gasteiger partial charge on any atom is -0.492 e. The molecule has 2 amide bonds. The van der Waals surface area contributed by atoms with Crippen molar-refractivity contribution in [3.05, 3.63) is 81.8 Å². The number of nitrogens with one attached hydrogen (secondary N) is 2. The summed E-state index contributed by atoms with van der Waals surface area (Å²) in [5, 5.41) is 21.6. The summed E-state index contributed by atoms with van der Waals surface area (Å²) in [5.74, 6) is 0.543. The van der Waals surface area contributed by atoms with Crippen LogP contribution in [-0.2, 0) is 20.2 Å². The third kappa shape index (κ3) is 9.74. The molecule has 264 valence electrons. The predicted molar refractivity (Wildman–Crippen MR) is 188 cm³/mol. The van der Waals surface area contributed by atoms with Crippen LogP contribution in [0.4, 0.5) is 38.9 Å². The Labute approximate surface area is 297 Å². The lowest BCUT2D eigenvalue weighted by molar-refractivity contribution is 0.261. The Bertz CT molecular complexity index is 2080. The molecule has 15 nitrogen and oxygen atoms in total. The topological polar surface area (TPSA) is 218 Å². The van der Waals surface area contributed by atoms with Gasteiger partial charge in [0, 0.05) is 12.1 Å². The van der Waals surface area contributed by atoms with Gasteiger partial charge in [0.05, 0.1) is 57.4 Å². The van der Waals surface area contributed by atoms with Crippen molar-refractivity contribution < 1.29 is 40.2 Å². The highest BCUT2D eigenvalue weighted by Crippen LogP contribution is 2.37. The number of amides is 2. The van der Waals surface area contributed by atoms with Gasteiger partial charge >= 0.3 is 6.03 Å². The van der Waals surface area contributed by atoms with Crippen molar-refractivity contribution in [1.82, 2.24) is 0 Å². The smallest absolute Gasteiger partial charge is 0.323 e. The number of hydrogen-bond donors (Lipinski definition) is 4. The molecule has 0 spiro atoms. The van der Waals surface area contributed by atoms with Gasteiger partial charge in [-0.1, -0.05) is 23.2 Å². The first-order chi connectivity index (χ1) is 23.5. The van der Waals surface area contributed by atoms with Gasteiger partial charge in [-0.15, -0.1) is 0 Å². The Balaban J connectivity index is 1.57. The number of urea groups is 1. The first-order valence-corrected chi connectivity index (χ1v) is 18.1. The van der Waals surface area contributed by atoms with Crippen molar-refractivity contribution in [2.24, 2.45) is 20.5 Å². The standard InChI is InChI=1S/C31H30Cl2N6O9S2/c1-5-47-27-15-23(38-36-19-7-9-21(32)29(13-19)49(41,42)43)17(3)11-25(27)34-31(40)35-26-12-18(4)24(16-28(26)48-6-2)39-37-20-8-10-22(33)30(14-20)50(44,45)46/h7-16H,5-6H2,1-4H3,(H2,34,35,40)(H,41,42,43)(H,44,45,46). The second kappa shape index (κ2) is 15.9. The Kier molecular flexibility index (Phi) is 12.2. The fourth-order valence-electron chi connectivity index (χ4n) is 4.32. The summed E-state index contributed by atoms with van der Waals surface area (Å²) in [7, 11) is -9.15. The monoisotopic (exact) mass is 764 g/mol. The van der Waals surface area contributed by atoms with Gasteiger partial charge in [0.15, 0.2) is 0 Å². The number of aryl methyl sites for hydroxylation is 2. The van der Waals surface area contributed by atoms with Crippen LogP contribution in [0.5, 0.6) is 11.5 Å². The van der Waals surface area contributed by atoms with Crippen molar-refractivity contribution in [2.45, 2.75) is 37.5 Å². The third-order valence-electron chi connectivity index (χ3n) is 6.62. The number of halogens is 2. The number of benzene rings is 4. The van der Waals surface area contributed by atoms with Crippen LogP contribution in [0, 0.1) is 13.8 Å². The van der Waals surface area contributed by atoms with Crippen LogP contribution in [-0.4, -0.2) is 45.2 Å². The van der Waals surface area contributed by atoms with Gasteiger partial charge in [0.1, 0.15) is 21.3 Å². The molecule has 0 heterocycles. The maximum atomic E-state index is 13.2. The average molecular weight is 766 g/mol. The van der Waals surface area contributed by atoms with Gasteiger partial charge in [-0.05, 0) is 87.4 Å². The van der Waals surface area contributed by atoms with Crippen LogP contribution in [0.2, 0.25) is 10.0 Å². The summed E-state index contributed by atoms with van der Waals surface area (Å²) >= 11 is 11.7. The van der Waals surface area contributed by atoms with E-state index < -0.39 is 36.1 Å². The minimum atomic E-state index is -4.58. The molecule has 19 heteroatoms. The summed E-state index contributed by atoms with van der Waals surface area (Å²) in [5.41, 5.74) is 2.74. The predicted octanol–water partition coefficient (Wildman–Crippen LogP) is 9.38. The molecule has 0 aliphatic heterocycles. The van der Waals surface area contributed by atoms with E-state index in [0.29, 0.717) is 33.9 Å². The Morgan fingerprint density at radius 1 is 0.660 bits per heavy atom. The van der Waals surface area contributed by atoms with Crippen LogP contribution in [0.25, 0.3) is 0 Å². The number of carbonyl (C=O) groups is 1. The number of azo groups is 2. The molecule has 0 saturated carbocycles. The van der Waals surface area contributed by atoms with Crippen molar-refractivity contribution >= 4 is 83.6 Å². The molecule has 4 aromatic carbocycles. The Morgan fingerprint density at radius 2 is 1.04 bits per heavy atom. The van der Waals surface area contributed by atoms with E-state index in [1.807, 2.05) is 0 Å². The minimum absolute atomic E-state index is 0.116. The molecular formula is C31H30Cl2N6O9S2. The van der Waals surface area contributed by atoms with Crippen LogP contribution in [0.3, 0.4) is 0 Å². The molecule has 0 unspecified atom stereocenters.